The Kier molecular flexibility index (Phi) is 5.40. The Morgan fingerprint density at radius 3 is 3.00 bits per heavy atom. The Morgan fingerprint density at radius 1 is 1.71 bits per heavy atom. The third-order valence-corrected chi connectivity index (χ3v) is 2.47. The summed E-state index contributed by atoms with van der Waals surface area (Å²) >= 11 is 5.94. The number of nitrogens with one attached hydrogen (secondary N) is 1. The first kappa shape index (κ1) is 14.0. The maximum atomic E-state index is 11.8. The minimum atomic E-state index is -0.335. The summed E-state index contributed by atoms with van der Waals surface area (Å²) in [6.45, 7) is 3.18. The molecule has 0 aliphatic heterocycles. The van der Waals surface area contributed by atoms with Crippen LogP contribution < -0.4 is 16.6 Å². The molecule has 1 atom stereocenters. The number of anilines is 1. The minimum Gasteiger partial charge on any atom is -0.383 e. The molecule has 0 radical (unpaired) electrons. The van der Waals surface area contributed by atoms with Gasteiger partial charge in [0.15, 0.2) is 0 Å². The molecule has 0 aromatic carbocycles. The van der Waals surface area contributed by atoms with Gasteiger partial charge in [0.1, 0.15) is 5.02 Å². The van der Waals surface area contributed by atoms with E-state index >= 15 is 0 Å². The number of aromatic nitrogens is 2. The van der Waals surface area contributed by atoms with Crippen molar-refractivity contribution in [2.24, 2.45) is 5.73 Å². The van der Waals surface area contributed by atoms with Gasteiger partial charge in [-0.2, -0.15) is 5.10 Å². The van der Waals surface area contributed by atoms with Gasteiger partial charge in [0.2, 0.25) is 0 Å². The third-order valence-electron chi connectivity index (χ3n) is 2.11. The summed E-state index contributed by atoms with van der Waals surface area (Å²) < 4.78 is 6.14. The Hall–Kier alpha value is -1.11. The molecule has 0 saturated heterocycles. The highest BCUT2D eigenvalue weighted by molar-refractivity contribution is 6.32. The van der Waals surface area contributed by atoms with E-state index in [0.29, 0.717) is 25.4 Å². The van der Waals surface area contributed by atoms with E-state index in [0.717, 1.165) is 0 Å². The smallest absolute Gasteiger partial charge is 0.287 e. The van der Waals surface area contributed by atoms with E-state index in [-0.39, 0.29) is 16.6 Å². The number of ether oxygens (including phenoxy) is 1. The first-order valence-electron chi connectivity index (χ1n) is 5.30. The number of nitrogens with zero attached hydrogens (tertiary/aromatic N) is 2. The van der Waals surface area contributed by atoms with Gasteiger partial charge in [-0.15, -0.1) is 0 Å². The summed E-state index contributed by atoms with van der Waals surface area (Å²) in [5.41, 5.74) is 5.77. The van der Waals surface area contributed by atoms with Crippen molar-refractivity contribution in [1.82, 2.24) is 9.78 Å². The van der Waals surface area contributed by atoms with Crippen LogP contribution in [-0.2, 0) is 11.3 Å². The molecular weight excluding hydrogens is 244 g/mol. The maximum absolute atomic E-state index is 11.8. The standard InChI is InChI=1S/C10H17ClN4O2/c1-7(12)5-13-8-6-14-15(3-4-17-2)10(16)9(8)11/h6-7,13H,3-5,12H2,1-2H3. The number of methoxy groups -OCH3 is 1. The van der Waals surface area contributed by atoms with Crippen LogP contribution in [0.3, 0.4) is 0 Å². The zero-order valence-electron chi connectivity index (χ0n) is 9.94. The van der Waals surface area contributed by atoms with E-state index in [1.807, 2.05) is 6.92 Å². The second kappa shape index (κ2) is 6.58. The van der Waals surface area contributed by atoms with Gasteiger partial charge < -0.3 is 15.8 Å². The van der Waals surface area contributed by atoms with Crippen LogP contribution in [0, 0.1) is 0 Å². The van der Waals surface area contributed by atoms with Crippen LogP contribution >= 0.6 is 11.6 Å². The Labute approximate surface area is 105 Å². The number of hydrogen-bond donors (Lipinski definition) is 2. The molecule has 0 fully saturated rings. The predicted molar refractivity (Wildman–Crippen MR) is 67.5 cm³/mol. The molecule has 6 nitrogen and oxygen atoms in total. The number of nitrogens with two attached hydrogens (primary N) is 1. The molecule has 0 aliphatic carbocycles. The Balaban J connectivity index is 2.83. The molecule has 1 heterocycles. The molecule has 7 heteroatoms. The average Bonchev–Trinajstić information content (AvgIpc) is 2.29. The molecule has 0 aliphatic rings. The minimum absolute atomic E-state index is 0.0259. The molecule has 1 aromatic heterocycles. The van der Waals surface area contributed by atoms with Crippen molar-refractivity contribution in [3.8, 4) is 0 Å². The van der Waals surface area contributed by atoms with Crippen LogP contribution in [0.15, 0.2) is 11.0 Å². The van der Waals surface area contributed by atoms with Gasteiger partial charge in [-0.3, -0.25) is 4.79 Å². The third kappa shape index (κ3) is 3.99. The van der Waals surface area contributed by atoms with E-state index in [4.69, 9.17) is 22.1 Å². The van der Waals surface area contributed by atoms with Gasteiger partial charge in [-0.25, -0.2) is 4.68 Å². The molecular formula is C10H17ClN4O2. The number of hydrogen-bond acceptors (Lipinski definition) is 5. The monoisotopic (exact) mass is 260 g/mol. The lowest BCUT2D eigenvalue weighted by Crippen LogP contribution is -2.29. The maximum Gasteiger partial charge on any atom is 0.287 e. The first-order valence-corrected chi connectivity index (χ1v) is 5.68. The Morgan fingerprint density at radius 2 is 2.41 bits per heavy atom. The molecule has 0 bridgehead atoms. The van der Waals surface area contributed by atoms with E-state index < -0.39 is 0 Å². The fourth-order valence-corrected chi connectivity index (χ4v) is 1.41. The summed E-state index contributed by atoms with van der Waals surface area (Å²) in [4.78, 5) is 11.8. The van der Waals surface area contributed by atoms with Gasteiger partial charge >= 0.3 is 0 Å². The van der Waals surface area contributed by atoms with Gasteiger partial charge in [-0.1, -0.05) is 11.6 Å². The zero-order chi connectivity index (χ0) is 12.8. The molecule has 1 rings (SSSR count). The topological polar surface area (TPSA) is 82.2 Å². The lowest BCUT2D eigenvalue weighted by atomic mass is 10.3. The van der Waals surface area contributed by atoms with Crippen LogP contribution in [0.4, 0.5) is 5.69 Å². The van der Waals surface area contributed by atoms with E-state index in [1.54, 1.807) is 7.11 Å². The van der Waals surface area contributed by atoms with Crippen molar-refractivity contribution in [3.05, 3.63) is 21.6 Å². The van der Waals surface area contributed by atoms with Gasteiger partial charge in [0.25, 0.3) is 5.56 Å². The van der Waals surface area contributed by atoms with Gasteiger partial charge in [0.05, 0.1) is 25.0 Å². The number of rotatable bonds is 6. The van der Waals surface area contributed by atoms with Crippen molar-refractivity contribution in [3.63, 3.8) is 0 Å². The van der Waals surface area contributed by atoms with Crippen molar-refractivity contribution in [1.29, 1.82) is 0 Å². The SMILES string of the molecule is COCCn1ncc(NCC(C)N)c(Cl)c1=O. The highest BCUT2D eigenvalue weighted by Gasteiger charge is 2.09. The zero-order valence-corrected chi connectivity index (χ0v) is 10.7. The van der Waals surface area contributed by atoms with E-state index in [9.17, 15) is 4.79 Å². The summed E-state index contributed by atoms with van der Waals surface area (Å²) in [6, 6.07) is -0.0259. The highest BCUT2D eigenvalue weighted by atomic mass is 35.5. The summed E-state index contributed by atoms with van der Waals surface area (Å²) in [6.07, 6.45) is 1.52. The van der Waals surface area contributed by atoms with E-state index in [2.05, 4.69) is 10.4 Å². The van der Waals surface area contributed by atoms with Crippen LogP contribution in [0.25, 0.3) is 0 Å². The summed E-state index contributed by atoms with van der Waals surface area (Å²) in [7, 11) is 1.56. The van der Waals surface area contributed by atoms with Crippen LogP contribution in [0.1, 0.15) is 6.92 Å². The summed E-state index contributed by atoms with van der Waals surface area (Å²) in [5.74, 6) is 0. The molecule has 1 unspecified atom stereocenters. The van der Waals surface area contributed by atoms with Crippen molar-refractivity contribution in [2.45, 2.75) is 19.5 Å². The Bertz CT molecular complexity index is 419. The fraction of sp³-hybridized carbons (Fsp3) is 0.600. The second-order valence-electron chi connectivity index (χ2n) is 3.75. The predicted octanol–water partition coefficient (Wildman–Crippen LogP) is 0.302. The normalized spacial score (nSPS) is 12.5. The lowest BCUT2D eigenvalue weighted by molar-refractivity contribution is 0.182. The van der Waals surface area contributed by atoms with Crippen molar-refractivity contribution >= 4 is 17.3 Å². The summed E-state index contributed by atoms with van der Waals surface area (Å²) in [5, 5.41) is 7.09. The molecule has 1 aromatic rings. The first-order chi connectivity index (χ1) is 8.06. The average molecular weight is 261 g/mol. The molecule has 0 amide bonds. The quantitative estimate of drug-likeness (QED) is 0.769. The molecule has 0 spiro atoms. The molecule has 96 valence electrons. The van der Waals surface area contributed by atoms with Crippen LogP contribution in [0.2, 0.25) is 5.02 Å². The van der Waals surface area contributed by atoms with Gasteiger partial charge in [0, 0.05) is 19.7 Å². The fourth-order valence-electron chi connectivity index (χ4n) is 1.20. The second-order valence-corrected chi connectivity index (χ2v) is 4.13. The molecule has 17 heavy (non-hydrogen) atoms. The van der Waals surface area contributed by atoms with Crippen LogP contribution in [0.5, 0.6) is 0 Å². The highest BCUT2D eigenvalue weighted by Crippen LogP contribution is 2.14. The van der Waals surface area contributed by atoms with Crippen LogP contribution in [-0.4, -0.2) is 36.1 Å². The van der Waals surface area contributed by atoms with Crippen molar-refractivity contribution < 1.29 is 4.74 Å². The van der Waals surface area contributed by atoms with Gasteiger partial charge in [-0.05, 0) is 6.92 Å². The number of halogens is 1. The largest absolute Gasteiger partial charge is 0.383 e. The molecule has 3 N–H and O–H groups in total. The van der Waals surface area contributed by atoms with Crippen molar-refractivity contribution in [2.75, 3.05) is 25.6 Å². The lowest BCUT2D eigenvalue weighted by Gasteiger charge is -2.11. The van der Waals surface area contributed by atoms with E-state index in [1.165, 1.54) is 10.9 Å². The molecule has 0 saturated carbocycles.